The molecule has 50 valence electrons. The molecule has 0 aromatic heterocycles. The molecule has 0 amide bonds. The maximum Gasteiger partial charge on any atom is 0.417 e. The maximum atomic E-state index is 8.51. The van der Waals surface area contributed by atoms with E-state index in [1.165, 1.54) is 0 Å². The van der Waals surface area contributed by atoms with Crippen molar-refractivity contribution in [1.82, 2.24) is 0 Å². The molecule has 0 heterocycles. The van der Waals surface area contributed by atoms with Gasteiger partial charge >= 0.3 is 6.71 Å². The molecule has 0 N–H and O–H groups in total. The molecule has 11 heavy (non-hydrogen) atoms. The molecule has 0 spiro atoms. The molecule has 2 nitrogen and oxygen atoms in total. The van der Waals surface area contributed by atoms with Gasteiger partial charge in [0.15, 0.2) is 0 Å². The fraction of sp³-hybridized carbons (Fsp3) is 0. The average molecular weight is 140 g/mol. The zero-order valence-electron chi connectivity index (χ0n) is 5.86. The summed E-state index contributed by atoms with van der Waals surface area (Å²) in [7, 11) is 0. The van der Waals surface area contributed by atoms with E-state index in [2.05, 4.69) is 0 Å². The van der Waals surface area contributed by atoms with Crippen molar-refractivity contribution in [3.05, 3.63) is 30.3 Å². The Hall–Kier alpha value is -1.74. The van der Waals surface area contributed by atoms with Gasteiger partial charge in [-0.3, -0.25) is 0 Å². The molecule has 3 heteroatoms. The van der Waals surface area contributed by atoms with E-state index in [9.17, 15) is 0 Å². The summed E-state index contributed by atoms with van der Waals surface area (Å²) < 4.78 is 0. The Kier molecular flexibility index (Phi) is 2.30. The van der Waals surface area contributed by atoms with Gasteiger partial charge in [-0.15, -0.1) is 0 Å². The molecule has 0 radical (unpaired) electrons. The molecule has 0 fully saturated rings. The smallest absolute Gasteiger partial charge is 0.210 e. The van der Waals surface area contributed by atoms with E-state index < -0.39 is 6.71 Å². The standard InChI is InChI=1S/C8H5BN2/c10-6-9(7-11)8-4-2-1-3-5-8/h1-5H. The van der Waals surface area contributed by atoms with E-state index in [-0.39, 0.29) is 0 Å². The van der Waals surface area contributed by atoms with Crippen LogP contribution in [0.2, 0.25) is 0 Å². The van der Waals surface area contributed by atoms with Gasteiger partial charge in [0.2, 0.25) is 0 Å². The zero-order chi connectivity index (χ0) is 8.10. The van der Waals surface area contributed by atoms with Gasteiger partial charge in [-0.05, 0) is 5.46 Å². The second kappa shape index (κ2) is 3.44. The average Bonchev–Trinajstić information content (AvgIpc) is 2.09. The summed E-state index contributed by atoms with van der Waals surface area (Å²) in [5.41, 5.74) is 0.762. The molecule has 0 bridgehead atoms. The predicted molar refractivity (Wildman–Crippen MR) is 43.1 cm³/mol. The highest BCUT2D eigenvalue weighted by Gasteiger charge is 2.14. The van der Waals surface area contributed by atoms with Crippen molar-refractivity contribution in [3.63, 3.8) is 0 Å². The Labute approximate surface area is 65.8 Å². The molecule has 0 aliphatic carbocycles. The number of nitrogens with zero attached hydrogens (tertiary/aromatic N) is 2. The first-order chi connectivity index (χ1) is 5.38. The van der Waals surface area contributed by atoms with Crippen LogP contribution in [0.5, 0.6) is 0 Å². The molecule has 1 aromatic carbocycles. The molecule has 0 unspecified atom stereocenters. The normalized spacial score (nSPS) is 7.82. The van der Waals surface area contributed by atoms with Crippen LogP contribution < -0.4 is 5.46 Å². The fourth-order valence-corrected chi connectivity index (χ4v) is 0.823. The first-order valence-corrected chi connectivity index (χ1v) is 3.22. The Morgan fingerprint density at radius 2 is 1.55 bits per heavy atom. The summed E-state index contributed by atoms with van der Waals surface area (Å²) in [5.74, 6) is 3.81. The van der Waals surface area contributed by atoms with Crippen LogP contribution in [0.25, 0.3) is 0 Å². The summed E-state index contributed by atoms with van der Waals surface area (Å²) >= 11 is 0. The quantitative estimate of drug-likeness (QED) is 0.533. The van der Waals surface area contributed by atoms with E-state index in [0.29, 0.717) is 0 Å². The van der Waals surface area contributed by atoms with E-state index in [1.807, 2.05) is 30.1 Å². The van der Waals surface area contributed by atoms with Crippen LogP contribution in [-0.4, -0.2) is 6.71 Å². The molecule has 0 aliphatic rings. The Balaban J connectivity index is 2.96. The third-order valence-electron chi connectivity index (χ3n) is 1.39. The summed E-state index contributed by atoms with van der Waals surface area (Å²) in [6.07, 6.45) is 0. The summed E-state index contributed by atoms with van der Waals surface area (Å²) in [6.45, 7) is -0.629. The number of nitriles is 2. The van der Waals surface area contributed by atoms with E-state index in [4.69, 9.17) is 10.5 Å². The fourth-order valence-electron chi connectivity index (χ4n) is 0.823. The largest absolute Gasteiger partial charge is 0.417 e. The minimum Gasteiger partial charge on any atom is -0.210 e. The lowest BCUT2D eigenvalue weighted by Gasteiger charge is -1.92. The molecular formula is C8H5BN2. The van der Waals surface area contributed by atoms with E-state index in [0.717, 1.165) is 5.46 Å². The highest BCUT2D eigenvalue weighted by Crippen LogP contribution is 1.85. The van der Waals surface area contributed by atoms with Gasteiger partial charge in [0.25, 0.3) is 0 Å². The highest BCUT2D eigenvalue weighted by atomic mass is 14.2. The van der Waals surface area contributed by atoms with Crippen molar-refractivity contribution in [2.45, 2.75) is 0 Å². The number of rotatable bonds is 1. The van der Waals surface area contributed by atoms with Gasteiger partial charge in [0.1, 0.15) is 0 Å². The molecule has 1 rings (SSSR count). The van der Waals surface area contributed by atoms with Crippen LogP contribution in [0.1, 0.15) is 0 Å². The Bertz CT molecular complexity index is 293. The molecular weight excluding hydrogens is 135 g/mol. The first kappa shape index (κ1) is 7.37. The minimum atomic E-state index is -0.629. The third-order valence-corrected chi connectivity index (χ3v) is 1.39. The van der Waals surface area contributed by atoms with Crippen LogP contribution >= 0.6 is 0 Å². The first-order valence-electron chi connectivity index (χ1n) is 3.22. The third kappa shape index (κ3) is 1.59. The van der Waals surface area contributed by atoms with Crippen LogP contribution in [-0.2, 0) is 0 Å². The van der Waals surface area contributed by atoms with Crippen LogP contribution in [0.15, 0.2) is 30.3 Å². The number of benzene rings is 1. The van der Waals surface area contributed by atoms with Gasteiger partial charge in [-0.25, -0.2) is 10.5 Å². The second-order valence-electron chi connectivity index (χ2n) is 2.10. The number of hydrogen-bond donors (Lipinski definition) is 0. The lowest BCUT2D eigenvalue weighted by atomic mass is 9.48. The summed E-state index contributed by atoms with van der Waals surface area (Å²) in [5, 5.41) is 17.0. The van der Waals surface area contributed by atoms with Crippen molar-refractivity contribution in [1.29, 1.82) is 10.5 Å². The highest BCUT2D eigenvalue weighted by molar-refractivity contribution is 6.86. The van der Waals surface area contributed by atoms with Gasteiger partial charge in [-0.2, -0.15) is 0 Å². The Morgan fingerprint density at radius 1 is 1.00 bits per heavy atom. The Morgan fingerprint density at radius 3 is 2.00 bits per heavy atom. The predicted octanol–water partition coefficient (Wildman–Crippen LogP) is 0.514. The summed E-state index contributed by atoms with van der Waals surface area (Å²) in [6, 6.07) is 9.04. The van der Waals surface area contributed by atoms with Crippen molar-refractivity contribution in [2.75, 3.05) is 0 Å². The molecule has 0 saturated carbocycles. The minimum absolute atomic E-state index is 0.629. The monoisotopic (exact) mass is 140 g/mol. The SMILES string of the molecule is N#CB(C#N)c1ccccc1. The molecule has 0 atom stereocenters. The van der Waals surface area contributed by atoms with E-state index in [1.54, 1.807) is 12.1 Å². The van der Waals surface area contributed by atoms with Gasteiger partial charge in [0.05, 0.1) is 0 Å². The van der Waals surface area contributed by atoms with Crippen LogP contribution in [0, 0.1) is 22.5 Å². The zero-order valence-corrected chi connectivity index (χ0v) is 5.86. The van der Waals surface area contributed by atoms with Gasteiger partial charge in [0, 0.05) is 11.9 Å². The lowest BCUT2D eigenvalue weighted by molar-refractivity contribution is 1.54. The topological polar surface area (TPSA) is 47.6 Å². The molecule has 0 saturated heterocycles. The van der Waals surface area contributed by atoms with Crippen molar-refractivity contribution < 1.29 is 0 Å². The molecule has 1 aromatic rings. The second-order valence-corrected chi connectivity index (χ2v) is 2.10. The van der Waals surface area contributed by atoms with Crippen molar-refractivity contribution >= 4 is 12.2 Å². The van der Waals surface area contributed by atoms with Gasteiger partial charge in [-0.1, -0.05) is 30.3 Å². The summed E-state index contributed by atoms with van der Waals surface area (Å²) in [4.78, 5) is 0. The van der Waals surface area contributed by atoms with E-state index >= 15 is 0 Å². The van der Waals surface area contributed by atoms with Crippen LogP contribution in [0.4, 0.5) is 0 Å². The van der Waals surface area contributed by atoms with Gasteiger partial charge < -0.3 is 0 Å². The van der Waals surface area contributed by atoms with Crippen molar-refractivity contribution in [3.8, 4) is 11.9 Å². The number of hydrogen-bond acceptors (Lipinski definition) is 2. The van der Waals surface area contributed by atoms with Crippen molar-refractivity contribution in [2.24, 2.45) is 0 Å². The maximum absolute atomic E-state index is 8.51. The van der Waals surface area contributed by atoms with Crippen LogP contribution in [0.3, 0.4) is 0 Å². The lowest BCUT2D eigenvalue weighted by Crippen LogP contribution is -2.26. The molecule has 0 aliphatic heterocycles.